The summed E-state index contributed by atoms with van der Waals surface area (Å²) >= 11 is 0. The molecule has 0 radical (unpaired) electrons. The maximum atomic E-state index is 11.2. The Balaban J connectivity index is 3.79. The molecule has 0 saturated carbocycles. The van der Waals surface area contributed by atoms with E-state index < -0.39 is 18.7 Å². The Hall–Kier alpha value is -1.26. The number of nitrogens with one attached hydrogen (secondary N) is 1. The first-order chi connectivity index (χ1) is 8.60. The van der Waals surface area contributed by atoms with E-state index in [1.54, 1.807) is 0 Å². The lowest BCUT2D eigenvalue weighted by molar-refractivity contribution is -0.140. The zero-order chi connectivity index (χ0) is 13.8. The lowest BCUT2D eigenvalue weighted by Crippen LogP contribution is -2.31. The van der Waals surface area contributed by atoms with Crippen molar-refractivity contribution in [2.75, 3.05) is 13.2 Å². The lowest BCUT2D eigenvalue weighted by atomic mass is 9.96. The standard InChI is InChI=1S/C13H25NO4/c1-3-5-6-8-11(7-4-2)9-14-13(17)18-10-12(15)16/h11H,3-10H2,1-2H3,(H,14,17)(H,15,16). The summed E-state index contributed by atoms with van der Waals surface area (Å²) in [6.45, 7) is 4.27. The molecule has 106 valence electrons. The first kappa shape index (κ1) is 16.7. The summed E-state index contributed by atoms with van der Waals surface area (Å²) in [4.78, 5) is 21.4. The van der Waals surface area contributed by atoms with Crippen LogP contribution in [0.15, 0.2) is 0 Å². The Bertz CT molecular complexity index is 243. The molecule has 0 aliphatic carbocycles. The van der Waals surface area contributed by atoms with Crippen LogP contribution in [0.5, 0.6) is 0 Å². The molecule has 18 heavy (non-hydrogen) atoms. The summed E-state index contributed by atoms with van der Waals surface area (Å²) in [5, 5.41) is 11.0. The number of alkyl carbamates (subject to hydrolysis) is 1. The first-order valence-electron chi connectivity index (χ1n) is 6.72. The fraction of sp³-hybridized carbons (Fsp3) is 0.846. The highest BCUT2D eigenvalue weighted by molar-refractivity contribution is 5.74. The van der Waals surface area contributed by atoms with Gasteiger partial charge in [0.1, 0.15) is 0 Å². The van der Waals surface area contributed by atoms with Gasteiger partial charge in [-0.05, 0) is 18.8 Å². The van der Waals surface area contributed by atoms with Crippen molar-refractivity contribution < 1.29 is 19.4 Å². The van der Waals surface area contributed by atoms with Gasteiger partial charge in [-0.2, -0.15) is 0 Å². The van der Waals surface area contributed by atoms with Gasteiger partial charge >= 0.3 is 12.1 Å². The van der Waals surface area contributed by atoms with Crippen LogP contribution in [-0.4, -0.2) is 30.3 Å². The second-order valence-electron chi connectivity index (χ2n) is 4.50. The van der Waals surface area contributed by atoms with Gasteiger partial charge in [0.25, 0.3) is 0 Å². The first-order valence-corrected chi connectivity index (χ1v) is 6.72. The molecule has 1 unspecified atom stereocenters. The van der Waals surface area contributed by atoms with Gasteiger partial charge in [0, 0.05) is 6.54 Å². The molecular weight excluding hydrogens is 234 g/mol. The largest absolute Gasteiger partial charge is 0.479 e. The van der Waals surface area contributed by atoms with E-state index in [9.17, 15) is 9.59 Å². The van der Waals surface area contributed by atoms with Gasteiger partial charge in [0.05, 0.1) is 0 Å². The number of rotatable bonds is 10. The van der Waals surface area contributed by atoms with Gasteiger partial charge in [0.15, 0.2) is 6.61 Å². The maximum Gasteiger partial charge on any atom is 0.407 e. The second-order valence-corrected chi connectivity index (χ2v) is 4.50. The summed E-state index contributed by atoms with van der Waals surface area (Å²) in [5.41, 5.74) is 0. The predicted octanol–water partition coefficient (Wildman–Crippen LogP) is 2.79. The van der Waals surface area contributed by atoms with Crippen molar-refractivity contribution in [2.45, 2.75) is 52.4 Å². The number of carbonyl (C=O) groups excluding carboxylic acids is 1. The average Bonchev–Trinajstić information content (AvgIpc) is 2.33. The molecule has 0 aromatic carbocycles. The molecule has 0 fully saturated rings. The minimum atomic E-state index is -1.14. The summed E-state index contributed by atoms with van der Waals surface area (Å²) in [7, 11) is 0. The van der Waals surface area contributed by atoms with Gasteiger partial charge in [-0.3, -0.25) is 0 Å². The van der Waals surface area contributed by atoms with E-state index in [-0.39, 0.29) is 0 Å². The Kier molecular flexibility index (Phi) is 10.1. The topological polar surface area (TPSA) is 75.6 Å². The molecule has 2 N–H and O–H groups in total. The fourth-order valence-corrected chi connectivity index (χ4v) is 1.85. The number of amides is 1. The molecule has 0 aromatic rings. The van der Waals surface area contributed by atoms with Crippen molar-refractivity contribution in [1.29, 1.82) is 0 Å². The van der Waals surface area contributed by atoms with Crippen LogP contribution in [0.4, 0.5) is 4.79 Å². The lowest BCUT2D eigenvalue weighted by Gasteiger charge is -2.16. The molecule has 0 bridgehead atoms. The van der Waals surface area contributed by atoms with Gasteiger partial charge in [-0.1, -0.05) is 39.5 Å². The summed E-state index contributed by atoms with van der Waals surface area (Å²) in [6, 6.07) is 0. The smallest absolute Gasteiger partial charge is 0.407 e. The summed E-state index contributed by atoms with van der Waals surface area (Å²) in [5.74, 6) is -0.683. The van der Waals surface area contributed by atoms with E-state index in [0.29, 0.717) is 12.5 Å². The molecule has 0 aliphatic rings. The average molecular weight is 259 g/mol. The van der Waals surface area contributed by atoms with Crippen LogP contribution >= 0.6 is 0 Å². The molecule has 5 heteroatoms. The SMILES string of the molecule is CCCCCC(CCC)CNC(=O)OCC(=O)O. The summed E-state index contributed by atoms with van der Waals surface area (Å²) < 4.78 is 4.51. The number of carboxylic acid groups (broad SMARTS) is 1. The van der Waals surface area contributed by atoms with Crippen LogP contribution in [-0.2, 0) is 9.53 Å². The Morgan fingerprint density at radius 3 is 2.44 bits per heavy atom. The molecule has 1 atom stereocenters. The molecule has 5 nitrogen and oxygen atoms in total. The highest BCUT2D eigenvalue weighted by Gasteiger charge is 2.11. The van der Waals surface area contributed by atoms with Gasteiger partial charge in [-0.15, -0.1) is 0 Å². The minimum Gasteiger partial charge on any atom is -0.479 e. The van der Waals surface area contributed by atoms with Gasteiger partial charge < -0.3 is 15.2 Å². The van der Waals surface area contributed by atoms with Crippen molar-refractivity contribution in [2.24, 2.45) is 5.92 Å². The van der Waals surface area contributed by atoms with Crippen LogP contribution in [0.2, 0.25) is 0 Å². The Labute approximate surface area is 109 Å². The predicted molar refractivity (Wildman–Crippen MR) is 69.5 cm³/mol. The Morgan fingerprint density at radius 1 is 1.17 bits per heavy atom. The van der Waals surface area contributed by atoms with Crippen molar-refractivity contribution in [1.82, 2.24) is 5.32 Å². The molecule has 0 saturated heterocycles. The molecule has 1 amide bonds. The third-order valence-electron chi connectivity index (χ3n) is 2.77. The number of unbranched alkanes of at least 4 members (excludes halogenated alkanes) is 2. The molecule has 0 aromatic heterocycles. The number of carbonyl (C=O) groups is 2. The van der Waals surface area contributed by atoms with E-state index in [2.05, 4.69) is 23.9 Å². The van der Waals surface area contributed by atoms with Gasteiger partial charge in [0.2, 0.25) is 0 Å². The van der Waals surface area contributed by atoms with Gasteiger partial charge in [-0.25, -0.2) is 9.59 Å². The second kappa shape index (κ2) is 10.9. The van der Waals surface area contributed by atoms with Crippen LogP contribution in [0.1, 0.15) is 52.4 Å². The van der Waals surface area contributed by atoms with E-state index >= 15 is 0 Å². The highest BCUT2D eigenvalue weighted by atomic mass is 16.6. The molecule has 0 heterocycles. The molecule has 0 rings (SSSR count). The number of carboxylic acids is 1. The molecular formula is C13H25NO4. The third-order valence-corrected chi connectivity index (χ3v) is 2.77. The van der Waals surface area contributed by atoms with E-state index in [0.717, 1.165) is 19.3 Å². The van der Waals surface area contributed by atoms with Crippen molar-refractivity contribution >= 4 is 12.1 Å². The number of hydrogen-bond acceptors (Lipinski definition) is 3. The van der Waals surface area contributed by atoms with E-state index in [1.807, 2.05) is 0 Å². The number of ether oxygens (including phenoxy) is 1. The van der Waals surface area contributed by atoms with Crippen molar-refractivity contribution in [3.05, 3.63) is 0 Å². The normalized spacial score (nSPS) is 11.9. The molecule has 0 spiro atoms. The van der Waals surface area contributed by atoms with Crippen molar-refractivity contribution in [3.63, 3.8) is 0 Å². The highest BCUT2D eigenvalue weighted by Crippen LogP contribution is 2.14. The van der Waals surface area contributed by atoms with Crippen LogP contribution in [0.25, 0.3) is 0 Å². The van der Waals surface area contributed by atoms with E-state index in [1.165, 1.54) is 19.3 Å². The Morgan fingerprint density at radius 2 is 1.89 bits per heavy atom. The number of hydrogen-bond donors (Lipinski definition) is 2. The monoisotopic (exact) mass is 259 g/mol. The third kappa shape index (κ3) is 9.93. The van der Waals surface area contributed by atoms with Crippen molar-refractivity contribution in [3.8, 4) is 0 Å². The van der Waals surface area contributed by atoms with E-state index in [4.69, 9.17) is 5.11 Å². The molecule has 0 aliphatic heterocycles. The fourth-order valence-electron chi connectivity index (χ4n) is 1.85. The van der Waals surface area contributed by atoms with Crippen LogP contribution in [0.3, 0.4) is 0 Å². The zero-order valence-electron chi connectivity index (χ0n) is 11.4. The number of aliphatic carboxylic acids is 1. The van der Waals surface area contributed by atoms with Crippen LogP contribution < -0.4 is 5.32 Å². The zero-order valence-corrected chi connectivity index (χ0v) is 11.4. The minimum absolute atomic E-state index is 0.457. The maximum absolute atomic E-state index is 11.2. The van der Waals surface area contributed by atoms with Crippen LogP contribution in [0, 0.1) is 5.92 Å². The quantitative estimate of drug-likeness (QED) is 0.591. The summed E-state index contributed by atoms with van der Waals surface area (Å²) in [6.07, 6.45) is 6.18.